The highest BCUT2D eigenvalue weighted by atomic mass is 15.2. The molecule has 1 heterocycles. The molecule has 62 valence electrons. The Bertz CT molecular complexity index is 106. The van der Waals surface area contributed by atoms with Crippen molar-refractivity contribution >= 4 is 0 Å². The molecule has 0 amide bonds. The number of hydrogen-bond donors (Lipinski definition) is 1. The number of nitrogens with zero attached hydrogens (tertiary/aromatic N) is 1. The minimum atomic E-state index is 0. The summed E-state index contributed by atoms with van der Waals surface area (Å²) < 4.78 is 0. The summed E-state index contributed by atoms with van der Waals surface area (Å²) in [6.07, 6.45) is 0. The van der Waals surface area contributed by atoms with Crippen LogP contribution in [0.5, 0.6) is 0 Å². The minimum Gasteiger partial charge on any atom is -0.312 e. The molecule has 2 nitrogen and oxygen atoms in total. The molecule has 1 saturated heterocycles. The fourth-order valence-electron chi connectivity index (χ4n) is 1.43. The molecule has 10 heavy (non-hydrogen) atoms. The van der Waals surface area contributed by atoms with Crippen molar-refractivity contribution in [3.05, 3.63) is 0 Å². The Hall–Kier alpha value is -0.0800. The van der Waals surface area contributed by atoms with E-state index in [1.807, 2.05) is 0 Å². The Kier molecular flexibility index (Phi) is 2.69. The van der Waals surface area contributed by atoms with Crippen LogP contribution in [0.2, 0.25) is 0 Å². The number of rotatable bonds is 1. The molecule has 0 radical (unpaired) electrons. The first-order valence-corrected chi connectivity index (χ1v) is 4.17. The first kappa shape index (κ1) is 8.02. The first-order valence-electron chi connectivity index (χ1n) is 4.17. The topological polar surface area (TPSA) is 15.3 Å². The molecule has 1 fully saturated rings. The van der Waals surface area contributed by atoms with Crippen LogP contribution < -0.4 is 5.32 Å². The van der Waals surface area contributed by atoms with E-state index in [0.29, 0.717) is 12.1 Å². The van der Waals surface area contributed by atoms with E-state index in [1.165, 1.54) is 13.1 Å². The van der Waals surface area contributed by atoms with Crippen LogP contribution in [0.4, 0.5) is 0 Å². The van der Waals surface area contributed by atoms with Gasteiger partial charge >= 0.3 is 0 Å². The fourth-order valence-corrected chi connectivity index (χ4v) is 1.43. The summed E-state index contributed by atoms with van der Waals surface area (Å²) in [5.74, 6) is 0. The van der Waals surface area contributed by atoms with Crippen molar-refractivity contribution < 1.29 is 1.43 Å². The third kappa shape index (κ3) is 1.96. The second-order valence-corrected chi connectivity index (χ2v) is 3.44. The van der Waals surface area contributed by atoms with E-state index < -0.39 is 0 Å². The zero-order chi connectivity index (χ0) is 7.56. The van der Waals surface area contributed by atoms with Gasteiger partial charge in [-0.25, -0.2) is 0 Å². The van der Waals surface area contributed by atoms with E-state index in [2.05, 4.69) is 31.0 Å². The second kappa shape index (κ2) is 3.35. The average molecular weight is 144 g/mol. The molecule has 1 aliphatic heterocycles. The van der Waals surface area contributed by atoms with Crippen LogP contribution in [0.25, 0.3) is 0 Å². The Morgan fingerprint density at radius 1 is 1.60 bits per heavy atom. The lowest BCUT2D eigenvalue weighted by molar-refractivity contribution is 0.168. The monoisotopic (exact) mass is 144 g/mol. The Balaban J connectivity index is 0.000001000. The summed E-state index contributed by atoms with van der Waals surface area (Å²) in [5.41, 5.74) is 0. The summed E-state index contributed by atoms with van der Waals surface area (Å²) in [6.45, 7) is 10.3. The average Bonchev–Trinajstić information content (AvgIpc) is 1.88. The first-order chi connectivity index (χ1) is 4.70. The molecule has 0 aromatic heterocycles. The molecule has 1 rings (SSSR count). The van der Waals surface area contributed by atoms with Gasteiger partial charge in [0.25, 0.3) is 0 Å². The van der Waals surface area contributed by atoms with Gasteiger partial charge in [0.15, 0.2) is 0 Å². The highest BCUT2D eigenvalue weighted by molar-refractivity contribution is 4.76. The van der Waals surface area contributed by atoms with Gasteiger partial charge in [-0.05, 0) is 20.8 Å². The van der Waals surface area contributed by atoms with Crippen LogP contribution in [0, 0.1) is 0 Å². The SMILES string of the molecule is CC1CN(C(C)C)CCN1.[HH]. The van der Waals surface area contributed by atoms with Crippen LogP contribution >= 0.6 is 0 Å². The van der Waals surface area contributed by atoms with Gasteiger partial charge in [-0.15, -0.1) is 0 Å². The van der Waals surface area contributed by atoms with E-state index in [-0.39, 0.29) is 1.43 Å². The lowest BCUT2D eigenvalue weighted by Crippen LogP contribution is -2.51. The van der Waals surface area contributed by atoms with Crippen molar-refractivity contribution in [2.75, 3.05) is 19.6 Å². The van der Waals surface area contributed by atoms with Crippen molar-refractivity contribution in [2.45, 2.75) is 32.9 Å². The molecule has 1 unspecified atom stereocenters. The predicted octanol–water partition coefficient (Wildman–Crippen LogP) is 0.934. The van der Waals surface area contributed by atoms with E-state index in [9.17, 15) is 0 Å². The van der Waals surface area contributed by atoms with E-state index in [4.69, 9.17) is 0 Å². The molecule has 0 aliphatic carbocycles. The standard InChI is InChI=1S/C8H18N2.H2/c1-7(2)10-5-4-9-8(3)6-10;/h7-9H,4-6H2,1-3H3;1H. The van der Waals surface area contributed by atoms with Crippen LogP contribution in [0.3, 0.4) is 0 Å². The van der Waals surface area contributed by atoms with Gasteiger partial charge < -0.3 is 5.32 Å². The Morgan fingerprint density at radius 3 is 2.70 bits per heavy atom. The van der Waals surface area contributed by atoms with Crippen molar-refractivity contribution in [2.24, 2.45) is 0 Å². The molecule has 2 heteroatoms. The molecular formula is C8H20N2. The number of hydrogen-bond acceptors (Lipinski definition) is 2. The second-order valence-electron chi connectivity index (χ2n) is 3.44. The van der Waals surface area contributed by atoms with Crippen molar-refractivity contribution in [3.63, 3.8) is 0 Å². The summed E-state index contributed by atoms with van der Waals surface area (Å²) in [4.78, 5) is 2.52. The molecule has 1 aliphatic rings. The molecule has 1 atom stereocenters. The summed E-state index contributed by atoms with van der Waals surface area (Å²) >= 11 is 0. The molecule has 0 aromatic carbocycles. The zero-order valence-corrected chi connectivity index (χ0v) is 7.22. The van der Waals surface area contributed by atoms with Crippen molar-refractivity contribution in [1.29, 1.82) is 0 Å². The quantitative estimate of drug-likeness (QED) is 0.589. The highest BCUT2D eigenvalue weighted by Gasteiger charge is 2.16. The molecule has 0 spiro atoms. The Morgan fingerprint density at radius 2 is 2.30 bits per heavy atom. The van der Waals surface area contributed by atoms with Crippen molar-refractivity contribution in [1.82, 2.24) is 10.2 Å². The Labute approximate surface area is 65.1 Å². The maximum Gasteiger partial charge on any atom is 0.0167 e. The third-order valence-electron chi connectivity index (χ3n) is 2.13. The summed E-state index contributed by atoms with van der Waals surface area (Å²) in [7, 11) is 0. The lowest BCUT2D eigenvalue weighted by atomic mass is 10.2. The number of piperazine rings is 1. The van der Waals surface area contributed by atoms with Crippen LogP contribution in [0.1, 0.15) is 22.2 Å². The molecule has 1 N–H and O–H groups in total. The molecule has 0 bridgehead atoms. The zero-order valence-electron chi connectivity index (χ0n) is 7.22. The highest BCUT2D eigenvalue weighted by Crippen LogP contribution is 2.02. The van der Waals surface area contributed by atoms with Gasteiger partial charge in [0.1, 0.15) is 0 Å². The van der Waals surface area contributed by atoms with Crippen LogP contribution in [-0.2, 0) is 0 Å². The van der Waals surface area contributed by atoms with E-state index >= 15 is 0 Å². The van der Waals surface area contributed by atoms with E-state index in [0.717, 1.165) is 6.54 Å². The van der Waals surface area contributed by atoms with Crippen molar-refractivity contribution in [3.8, 4) is 0 Å². The predicted molar refractivity (Wildman–Crippen MR) is 46.3 cm³/mol. The maximum atomic E-state index is 3.43. The van der Waals surface area contributed by atoms with Gasteiger partial charge in [-0.3, -0.25) is 4.90 Å². The molecule has 0 saturated carbocycles. The smallest absolute Gasteiger partial charge is 0.0167 e. The minimum absolute atomic E-state index is 0. The van der Waals surface area contributed by atoms with E-state index in [1.54, 1.807) is 0 Å². The van der Waals surface area contributed by atoms with Crippen LogP contribution in [0.15, 0.2) is 0 Å². The summed E-state index contributed by atoms with van der Waals surface area (Å²) in [6, 6.07) is 1.39. The fraction of sp³-hybridized carbons (Fsp3) is 1.00. The molecular weight excluding hydrogens is 124 g/mol. The van der Waals surface area contributed by atoms with Gasteiger partial charge in [0, 0.05) is 33.1 Å². The van der Waals surface area contributed by atoms with Gasteiger partial charge in [0.05, 0.1) is 0 Å². The maximum absolute atomic E-state index is 3.43. The normalized spacial score (nSPS) is 29.4. The molecule has 0 aromatic rings. The third-order valence-corrected chi connectivity index (χ3v) is 2.13. The largest absolute Gasteiger partial charge is 0.312 e. The van der Waals surface area contributed by atoms with Gasteiger partial charge in [-0.2, -0.15) is 0 Å². The lowest BCUT2D eigenvalue weighted by Gasteiger charge is -2.34. The summed E-state index contributed by atoms with van der Waals surface area (Å²) in [5, 5.41) is 3.43. The van der Waals surface area contributed by atoms with Crippen LogP contribution in [-0.4, -0.2) is 36.6 Å². The van der Waals surface area contributed by atoms with Gasteiger partial charge in [-0.1, -0.05) is 0 Å². The van der Waals surface area contributed by atoms with Gasteiger partial charge in [0.2, 0.25) is 0 Å². The number of nitrogens with one attached hydrogen (secondary N) is 1.